The minimum absolute atomic E-state index is 0.145. The molecular formula is C14H14F3N5O2. The third-order valence-electron chi connectivity index (χ3n) is 3.17. The first-order valence-electron chi connectivity index (χ1n) is 6.93. The molecular weight excluding hydrogens is 327 g/mol. The molecule has 128 valence electrons. The van der Waals surface area contributed by atoms with Crippen LogP contribution in [0.15, 0.2) is 30.6 Å². The standard InChI is InChI=1S/C14H14F3N5O2/c1-8-4-9(6-10(5-8)24-14(15,16)17)12-19-7-22(21-12)3-2-11-13(20-18)23-11/h2-7,11,13,20H,18H2,1H3/b3-2-. The first-order chi connectivity index (χ1) is 11.3. The van der Waals surface area contributed by atoms with Crippen LogP contribution in [0.1, 0.15) is 5.56 Å². The summed E-state index contributed by atoms with van der Waals surface area (Å²) in [6, 6.07) is 4.20. The van der Waals surface area contributed by atoms with E-state index in [2.05, 4.69) is 20.2 Å². The van der Waals surface area contributed by atoms with Gasteiger partial charge in [0.25, 0.3) is 0 Å². The fraction of sp³-hybridized carbons (Fsp3) is 0.286. The van der Waals surface area contributed by atoms with Gasteiger partial charge in [-0.2, -0.15) is 0 Å². The first kappa shape index (κ1) is 16.4. The summed E-state index contributed by atoms with van der Waals surface area (Å²) < 4.78 is 47.6. The predicted octanol–water partition coefficient (Wildman–Crippen LogP) is 1.81. The second-order valence-electron chi connectivity index (χ2n) is 5.16. The van der Waals surface area contributed by atoms with Crippen molar-refractivity contribution in [2.24, 2.45) is 5.84 Å². The number of aryl methyl sites for hydroxylation is 1. The number of hydrazine groups is 1. The van der Waals surface area contributed by atoms with Crippen molar-refractivity contribution in [3.05, 3.63) is 36.2 Å². The van der Waals surface area contributed by atoms with Gasteiger partial charge in [-0.3, -0.25) is 5.84 Å². The Kier molecular flexibility index (Phi) is 4.26. The molecule has 3 N–H and O–H groups in total. The molecule has 0 saturated carbocycles. The van der Waals surface area contributed by atoms with Gasteiger partial charge in [-0.15, -0.1) is 18.3 Å². The van der Waals surface area contributed by atoms with Gasteiger partial charge in [-0.05, 0) is 36.8 Å². The highest BCUT2D eigenvalue weighted by molar-refractivity contribution is 5.59. The second kappa shape index (κ2) is 6.23. The highest BCUT2D eigenvalue weighted by Gasteiger charge is 2.35. The molecule has 2 aromatic rings. The summed E-state index contributed by atoms with van der Waals surface area (Å²) in [4.78, 5) is 4.09. The Morgan fingerprint density at radius 1 is 1.38 bits per heavy atom. The van der Waals surface area contributed by atoms with Gasteiger partial charge >= 0.3 is 6.36 Å². The molecule has 1 fully saturated rings. The number of nitrogens with zero attached hydrogens (tertiary/aromatic N) is 3. The Hall–Kier alpha value is -2.43. The van der Waals surface area contributed by atoms with Crippen molar-refractivity contribution in [3.8, 4) is 17.1 Å². The van der Waals surface area contributed by atoms with Crippen LogP contribution in [-0.2, 0) is 4.74 Å². The number of benzene rings is 1. The summed E-state index contributed by atoms with van der Waals surface area (Å²) in [5.41, 5.74) is 3.48. The van der Waals surface area contributed by atoms with Gasteiger partial charge in [-0.1, -0.05) is 0 Å². The Labute approximate surface area is 134 Å². The number of hydrogen-bond donors (Lipinski definition) is 2. The van der Waals surface area contributed by atoms with E-state index >= 15 is 0 Å². The van der Waals surface area contributed by atoms with Gasteiger partial charge in [0, 0.05) is 11.8 Å². The number of epoxide rings is 1. The molecule has 1 saturated heterocycles. The summed E-state index contributed by atoms with van der Waals surface area (Å²) in [6.07, 6.45) is -0.320. The normalized spacial score (nSPS) is 20.5. The van der Waals surface area contributed by atoms with Crippen LogP contribution in [-0.4, -0.2) is 33.5 Å². The first-order valence-corrected chi connectivity index (χ1v) is 6.93. The lowest BCUT2D eigenvalue weighted by Gasteiger charge is -2.10. The number of ether oxygens (including phenoxy) is 2. The van der Waals surface area contributed by atoms with Crippen molar-refractivity contribution >= 4 is 6.20 Å². The SMILES string of the molecule is Cc1cc(OC(F)(F)F)cc(-c2ncn(/C=C\C3OC3NN)n2)c1. The molecule has 2 atom stereocenters. The number of nitrogens with two attached hydrogens (primary N) is 1. The van der Waals surface area contributed by atoms with Crippen LogP contribution in [0.5, 0.6) is 5.75 Å². The van der Waals surface area contributed by atoms with Crippen LogP contribution in [0, 0.1) is 6.92 Å². The Balaban J connectivity index is 1.77. The minimum Gasteiger partial charge on any atom is -0.406 e. The smallest absolute Gasteiger partial charge is 0.406 e. The molecule has 0 radical (unpaired) electrons. The molecule has 0 amide bonds. The molecule has 1 aliphatic heterocycles. The zero-order valence-corrected chi connectivity index (χ0v) is 12.5. The van der Waals surface area contributed by atoms with Crippen LogP contribution < -0.4 is 16.0 Å². The molecule has 1 aliphatic rings. The lowest BCUT2D eigenvalue weighted by atomic mass is 10.1. The van der Waals surface area contributed by atoms with E-state index in [0.29, 0.717) is 11.1 Å². The minimum atomic E-state index is -4.75. The molecule has 0 bridgehead atoms. The van der Waals surface area contributed by atoms with Crippen LogP contribution in [0.3, 0.4) is 0 Å². The molecule has 0 aliphatic carbocycles. The Morgan fingerprint density at radius 2 is 2.17 bits per heavy atom. The average molecular weight is 341 g/mol. The predicted molar refractivity (Wildman–Crippen MR) is 78.2 cm³/mol. The number of aromatic nitrogens is 3. The second-order valence-corrected chi connectivity index (χ2v) is 5.16. The van der Waals surface area contributed by atoms with E-state index in [4.69, 9.17) is 10.6 Å². The molecule has 24 heavy (non-hydrogen) atoms. The van der Waals surface area contributed by atoms with Crippen LogP contribution in [0.25, 0.3) is 17.6 Å². The van der Waals surface area contributed by atoms with E-state index in [9.17, 15) is 13.2 Å². The molecule has 1 aromatic heterocycles. The molecule has 1 aromatic carbocycles. The van der Waals surface area contributed by atoms with Crippen molar-refractivity contribution < 1.29 is 22.6 Å². The van der Waals surface area contributed by atoms with E-state index in [-0.39, 0.29) is 23.9 Å². The number of rotatable bonds is 5. The third kappa shape index (κ3) is 4.10. The van der Waals surface area contributed by atoms with Crippen LogP contribution >= 0.6 is 0 Å². The maximum atomic E-state index is 12.4. The fourth-order valence-corrected chi connectivity index (χ4v) is 2.13. The average Bonchev–Trinajstić information content (AvgIpc) is 3.08. The summed E-state index contributed by atoms with van der Waals surface area (Å²) in [5.74, 6) is 5.18. The summed E-state index contributed by atoms with van der Waals surface area (Å²) in [5, 5.41) is 4.18. The van der Waals surface area contributed by atoms with Crippen LogP contribution in [0.2, 0.25) is 0 Å². The van der Waals surface area contributed by atoms with Gasteiger partial charge in [-0.25, -0.2) is 15.1 Å². The summed E-state index contributed by atoms with van der Waals surface area (Å²) in [6.45, 7) is 1.66. The quantitative estimate of drug-likeness (QED) is 0.490. The van der Waals surface area contributed by atoms with E-state index in [0.717, 1.165) is 0 Å². The highest BCUT2D eigenvalue weighted by Crippen LogP contribution is 2.28. The van der Waals surface area contributed by atoms with Gasteiger partial charge in [0.2, 0.25) is 0 Å². The van der Waals surface area contributed by atoms with E-state index in [1.165, 1.54) is 23.1 Å². The van der Waals surface area contributed by atoms with Crippen LogP contribution in [0.4, 0.5) is 13.2 Å². The largest absolute Gasteiger partial charge is 0.573 e. The number of hydrogen-bond acceptors (Lipinski definition) is 6. The van der Waals surface area contributed by atoms with E-state index in [1.54, 1.807) is 25.3 Å². The number of alkyl halides is 3. The highest BCUT2D eigenvalue weighted by atomic mass is 19.4. The van der Waals surface area contributed by atoms with Crippen molar-refractivity contribution in [3.63, 3.8) is 0 Å². The van der Waals surface area contributed by atoms with Gasteiger partial charge in [0.1, 0.15) is 18.2 Å². The topological polar surface area (TPSA) is 90.5 Å². The third-order valence-corrected chi connectivity index (χ3v) is 3.17. The van der Waals surface area contributed by atoms with Gasteiger partial charge in [0.15, 0.2) is 12.1 Å². The number of nitrogens with one attached hydrogen (secondary N) is 1. The molecule has 3 rings (SSSR count). The van der Waals surface area contributed by atoms with Gasteiger partial charge < -0.3 is 9.47 Å². The van der Waals surface area contributed by atoms with E-state index in [1.807, 2.05) is 0 Å². The Morgan fingerprint density at radius 3 is 2.83 bits per heavy atom. The maximum Gasteiger partial charge on any atom is 0.573 e. The van der Waals surface area contributed by atoms with E-state index < -0.39 is 6.36 Å². The van der Waals surface area contributed by atoms with Crippen molar-refractivity contribution in [2.75, 3.05) is 0 Å². The molecule has 2 heterocycles. The maximum absolute atomic E-state index is 12.4. The van der Waals surface area contributed by atoms with Crippen molar-refractivity contribution in [2.45, 2.75) is 25.6 Å². The molecule has 0 spiro atoms. The molecule has 2 unspecified atom stereocenters. The van der Waals surface area contributed by atoms with Crippen molar-refractivity contribution in [1.29, 1.82) is 0 Å². The number of halogens is 3. The summed E-state index contributed by atoms with van der Waals surface area (Å²) >= 11 is 0. The van der Waals surface area contributed by atoms with Gasteiger partial charge in [0.05, 0.1) is 0 Å². The zero-order valence-electron chi connectivity index (χ0n) is 12.5. The Bertz CT molecular complexity index is 759. The zero-order chi connectivity index (χ0) is 17.3. The fourth-order valence-electron chi connectivity index (χ4n) is 2.13. The molecule has 10 heteroatoms. The lowest BCUT2D eigenvalue weighted by molar-refractivity contribution is -0.274. The monoisotopic (exact) mass is 341 g/mol. The van der Waals surface area contributed by atoms with Crippen molar-refractivity contribution in [1.82, 2.24) is 20.2 Å². The molecule has 7 nitrogen and oxygen atoms in total. The summed E-state index contributed by atoms with van der Waals surface area (Å²) in [7, 11) is 0. The lowest BCUT2D eigenvalue weighted by Crippen LogP contribution is -2.26.